The van der Waals surface area contributed by atoms with E-state index in [1.54, 1.807) is 0 Å². The van der Waals surface area contributed by atoms with Gasteiger partial charge in [-0.15, -0.1) is 0 Å². The van der Waals surface area contributed by atoms with Crippen LogP contribution in [-0.2, 0) is 6.42 Å². The highest BCUT2D eigenvalue weighted by Crippen LogP contribution is 2.17. The van der Waals surface area contributed by atoms with Gasteiger partial charge in [0, 0.05) is 10.5 Å². The molecule has 1 N–H and O–H groups in total. The zero-order valence-electron chi connectivity index (χ0n) is 10.6. The number of halogens is 2. The van der Waals surface area contributed by atoms with Crippen LogP contribution in [-0.4, -0.2) is 12.6 Å². The molecule has 3 heteroatoms. The van der Waals surface area contributed by atoms with Crippen LogP contribution in [0.1, 0.15) is 38.7 Å². The van der Waals surface area contributed by atoms with E-state index < -0.39 is 0 Å². The fourth-order valence-electron chi connectivity index (χ4n) is 2.00. The molecule has 0 saturated carbocycles. The van der Waals surface area contributed by atoms with Gasteiger partial charge in [0.1, 0.15) is 5.82 Å². The van der Waals surface area contributed by atoms with E-state index in [-0.39, 0.29) is 5.82 Å². The molecule has 0 aliphatic rings. The molecule has 0 radical (unpaired) electrons. The van der Waals surface area contributed by atoms with Gasteiger partial charge in [0.25, 0.3) is 0 Å². The minimum atomic E-state index is -0.101. The smallest absolute Gasteiger partial charge is 0.127 e. The number of benzene rings is 1. The molecule has 1 aromatic carbocycles. The maximum absolute atomic E-state index is 13.6. The highest BCUT2D eigenvalue weighted by Gasteiger charge is 2.06. The standard InChI is InChI=1S/C14H21BrFN/c1-3-13(17-4-2)7-5-6-11-8-9-12(15)10-14(11)16/h8-10,13,17H,3-7H2,1-2H3. The summed E-state index contributed by atoms with van der Waals surface area (Å²) in [5.74, 6) is -0.101. The molecule has 1 rings (SSSR count). The zero-order chi connectivity index (χ0) is 12.7. The Kier molecular flexibility index (Phi) is 6.75. The summed E-state index contributed by atoms with van der Waals surface area (Å²) in [6.45, 7) is 5.32. The summed E-state index contributed by atoms with van der Waals surface area (Å²) < 4.78 is 14.4. The maximum Gasteiger partial charge on any atom is 0.127 e. The number of nitrogens with one attached hydrogen (secondary N) is 1. The third-order valence-electron chi connectivity index (χ3n) is 3.00. The molecule has 1 unspecified atom stereocenters. The molecule has 0 amide bonds. The number of aryl methyl sites for hydroxylation is 1. The lowest BCUT2D eigenvalue weighted by atomic mass is 10.0. The van der Waals surface area contributed by atoms with Crippen LogP contribution in [0.5, 0.6) is 0 Å². The summed E-state index contributed by atoms with van der Waals surface area (Å²) >= 11 is 3.27. The van der Waals surface area contributed by atoms with E-state index in [0.29, 0.717) is 6.04 Å². The molecular formula is C14H21BrFN. The van der Waals surface area contributed by atoms with E-state index in [1.165, 1.54) is 6.07 Å². The fourth-order valence-corrected chi connectivity index (χ4v) is 2.34. The van der Waals surface area contributed by atoms with Gasteiger partial charge in [-0.25, -0.2) is 4.39 Å². The summed E-state index contributed by atoms with van der Waals surface area (Å²) in [6.07, 6.45) is 4.10. The van der Waals surface area contributed by atoms with E-state index in [0.717, 1.165) is 42.3 Å². The minimum Gasteiger partial charge on any atom is -0.314 e. The summed E-state index contributed by atoms with van der Waals surface area (Å²) in [7, 11) is 0. The van der Waals surface area contributed by atoms with E-state index >= 15 is 0 Å². The van der Waals surface area contributed by atoms with Crippen LogP contribution in [0.15, 0.2) is 22.7 Å². The fraction of sp³-hybridized carbons (Fsp3) is 0.571. The van der Waals surface area contributed by atoms with Gasteiger partial charge in [-0.1, -0.05) is 35.8 Å². The molecule has 0 aliphatic heterocycles. The van der Waals surface area contributed by atoms with Gasteiger partial charge in [0.05, 0.1) is 0 Å². The van der Waals surface area contributed by atoms with Crippen LogP contribution in [0, 0.1) is 5.82 Å². The third-order valence-corrected chi connectivity index (χ3v) is 3.49. The molecule has 1 aromatic rings. The van der Waals surface area contributed by atoms with Gasteiger partial charge in [0.15, 0.2) is 0 Å². The number of hydrogen-bond acceptors (Lipinski definition) is 1. The second kappa shape index (κ2) is 7.83. The highest BCUT2D eigenvalue weighted by atomic mass is 79.9. The van der Waals surface area contributed by atoms with Gasteiger partial charge in [-0.05, 0) is 49.9 Å². The van der Waals surface area contributed by atoms with E-state index in [1.807, 2.05) is 12.1 Å². The first-order chi connectivity index (χ1) is 8.17. The second-order valence-corrected chi connectivity index (χ2v) is 5.21. The maximum atomic E-state index is 13.6. The molecule has 0 fully saturated rings. The molecular weight excluding hydrogens is 281 g/mol. The first-order valence-electron chi connectivity index (χ1n) is 6.34. The molecule has 0 spiro atoms. The Labute approximate surface area is 112 Å². The SMILES string of the molecule is CCNC(CC)CCCc1ccc(Br)cc1F. The molecule has 96 valence electrons. The monoisotopic (exact) mass is 301 g/mol. The Bertz CT molecular complexity index is 341. The third kappa shape index (κ3) is 5.17. The Morgan fingerprint density at radius 3 is 2.71 bits per heavy atom. The molecule has 0 aliphatic carbocycles. The van der Waals surface area contributed by atoms with E-state index in [2.05, 4.69) is 35.1 Å². The van der Waals surface area contributed by atoms with Crippen molar-refractivity contribution in [1.29, 1.82) is 0 Å². The zero-order valence-corrected chi connectivity index (χ0v) is 12.2. The predicted molar refractivity (Wildman–Crippen MR) is 74.8 cm³/mol. The largest absolute Gasteiger partial charge is 0.314 e. The summed E-state index contributed by atoms with van der Waals surface area (Å²) in [5, 5.41) is 3.44. The Balaban J connectivity index is 2.39. The average Bonchev–Trinajstić information content (AvgIpc) is 2.30. The molecule has 1 nitrogen and oxygen atoms in total. The predicted octanol–water partition coefficient (Wildman–Crippen LogP) is 4.30. The van der Waals surface area contributed by atoms with Crippen molar-refractivity contribution in [2.75, 3.05) is 6.54 Å². The molecule has 0 heterocycles. The van der Waals surface area contributed by atoms with Crippen LogP contribution in [0.3, 0.4) is 0 Å². The Morgan fingerprint density at radius 2 is 2.12 bits per heavy atom. The minimum absolute atomic E-state index is 0.101. The Hall–Kier alpha value is -0.410. The average molecular weight is 302 g/mol. The van der Waals surface area contributed by atoms with Crippen LogP contribution < -0.4 is 5.32 Å². The van der Waals surface area contributed by atoms with Gasteiger partial charge < -0.3 is 5.32 Å². The van der Waals surface area contributed by atoms with Crippen LogP contribution in [0.2, 0.25) is 0 Å². The molecule has 0 aromatic heterocycles. The summed E-state index contributed by atoms with van der Waals surface area (Å²) in [6, 6.07) is 5.88. The lowest BCUT2D eigenvalue weighted by Crippen LogP contribution is -2.28. The first-order valence-corrected chi connectivity index (χ1v) is 7.14. The topological polar surface area (TPSA) is 12.0 Å². The quantitative estimate of drug-likeness (QED) is 0.792. The molecule has 1 atom stereocenters. The second-order valence-electron chi connectivity index (χ2n) is 4.29. The van der Waals surface area contributed by atoms with Crippen molar-refractivity contribution in [3.63, 3.8) is 0 Å². The van der Waals surface area contributed by atoms with Crippen LogP contribution >= 0.6 is 15.9 Å². The Morgan fingerprint density at radius 1 is 1.35 bits per heavy atom. The van der Waals surface area contributed by atoms with Crippen molar-refractivity contribution in [1.82, 2.24) is 5.32 Å². The van der Waals surface area contributed by atoms with Crippen molar-refractivity contribution in [2.24, 2.45) is 0 Å². The number of hydrogen-bond donors (Lipinski definition) is 1. The molecule has 17 heavy (non-hydrogen) atoms. The molecule has 0 saturated heterocycles. The van der Waals surface area contributed by atoms with Crippen LogP contribution in [0.25, 0.3) is 0 Å². The highest BCUT2D eigenvalue weighted by molar-refractivity contribution is 9.10. The van der Waals surface area contributed by atoms with Gasteiger partial charge in [0.2, 0.25) is 0 Å². The molecule has 0 bridgehead atoms. The van der Waals surface area contributed by atoms with Gasteiger partial charge in [-0.2, -0.15) is 0 Å². The first kappa shape index (κ1) is 14.7. The lowest BCUT2D eigenvalue weighted by molar-refractivity contribution is 0.464. The van der Waals surface area contributed by atoms with Crippen molar-refractivity contribution in [3.05, 3.63) is 34.1 Å². The van der Waals surface area contributed by atoms with Crippen molar-refractivity contribution >= 4 is 15.9 Å². The number of rotatable bonds is 7. The lowest BCUT2D eigenvalue weighted by Gasteiger charge is -2.15. The van der Waals surface area contributed by atoms with Crippen molar-refractivity contribution in [3.8, 4) is 0 Å². The normalized spacial score (nSPS) is 12.7. The van der Waals surface area contributed by atoms with Crippen molar-refractivity contribution in [2.45, 2.75) is 45.6 Å². The van der Waals surface area contributed by atoms with E-state index in [4.69, 9.17) is 0 Å². The van der Waals surface area contributed by atoms with E-state index in [9.17, 15) is 4.39 Å². The van der Waals surface area contributed by atoms with Gasteiger partial charge >= 0.3 is 0 Å². The van der Waals surface area contributed by atoms with Gasteiger partial charge in [-0.3, -0.25) is 0 Å². The van der Waals surface area contributed by atoms with Crippen LogP contribution in [0.4, 0.5) is 4.39 Å². The van der Waals surface area contributed by atoms with Crippen molar-refractivity contribution < 1.29 is 4.39 Å². The summed E-state index contributed by atoms with van der Waals surface area (Å²) in [5.41, 5.74) is 0.819. The summed E-state index contributed by atoms with van der Waals surface area (Å²) in [4.78, 5) is 0.